The Labute approximate surface area is 171 Å². The molecule has 7 heteroatoms. The molecule has 0 unspecified atom stereocenters. The summed E-state index contributed by atoms with van der Waals surface area (Å²) in [6.07, 6.45) is 4.47. The molecule has 2 heterocycles. The largest absolute Gasteiger partial charge is 0.308 e. The van der Waals surface area contributed by atoms with Crippen molar-refractivity contribution in [1.29, 1.82) is 0 Å². The summed E-state index contributed by atoms with van der Waals surface area (Å²) >= 11 is 5.92. The van der Waals surface area contributed by atoms with E-state index in [9.17, 15) is 13.2 Å². The zero-order valence-corrected chi connectivity index (χ0v) is 17.2. The fraction of sp³-hybridized carbons (Fsp3) is 0.381. The van der Waals surface area contributed by atoms with Gasteiger partial charge in [-0.05, 0) is 73.7 Å². The number of piperidine rings is 1. The van der Waals surface area contributed by atoms with Crippen LogP contribution in [0.5, 0.6) is 0 Å². The smallest absolute Gasteiger partial charge is 0.258 e. The number of rotatable bonds is 3. The van der Waals surface area contributed by atoms with Crippen molar-refractivity contribution < 1.29 is 13.2 Å². The van der Waals surface area contributed by atoms with Gasteiger partial charge in [0, 0.05) is 35.9 Å². The Balaban J connectivity index is 1.64. The number of carbonyl (C=O) groups excluding carboxylic acids is 1. The van der Waals surface area contributed by atoms with Gasteiger partial charge in [-0.3, -0.25) is 4.79 Å². The second-order valence-corrected chi connectivity index (χ2v) is 9.70. The van der Waals surface area contributed by atoms with Gasteiger partial charge < -0.3 is 4.90 Å². The maximum Gasteiger partial charge on any atom is 0.258 e. The predicted molar refractivity (Wildman–Crippen MR) is 111 cm³/mol. The molecule has 4 rings (SSSR count). The van der Waals surface area contributed by atoms with Crippen molar-refractivity contribution in [3.05, 3.63) is 58.6 Å². The normalized spacial score (nSPS) is 18.0. The predicted octanol–water partition coefficient (Wildman–Crippen LogP) is 4.11. The monoisotopic (exact) mass is 418 g/mol. The van der Waals surface area contributed by atoms with Gasteiger partial charge in [-0.25, -0.2) is 8.42 Å². The summed E-state index contributed by atoms with van der Waals surface area (Å²) < 4.78 is 27.5. The highest BCUT2D eigenvalue weighted by atomic mass is 35.5. The van der Waals surface area contributed by atoms with Gasteiger partial charge in [0.25, 0.3) is 5.91 Å². The zero-order valence-electron chi connectivity index (χ0n) is 15.6. The van der Waals surface area contributed by atoms with Crippen molar-refractivity contribution in [2.45, 2.75) is 37.0 Å². The van der Waals surface area contributed by atoms with Crippen molar-refractivity contribution >= 4 is 33.2 Å². The molecule has 0 radical (unpaired) electrons. The molecule has 1 amide bonds. The minimum Gasteiger partial charge on any atom is -0.308 e. The van der Waals surface area contributed by atoms with E-state index in [2.05, 4.69) is 0 Å². The molecule has 2 aliphatic heterocycles. The molecular formula is C21H23ClN2O3S. The summed E-state index contributed by atoms with van der Waals surface area (Å²) in [4.78, 5) is 15.0. The summed E-state index contributed by atoms with van der Waals surface area (Å²) in [7, 11) is -3.47. The molecule has 2 aromatic carbocycles. The fourth-order valence-electron chi connectivity index (χ4n) is 3.95. The van der Waals surface area contributed by atoms with E-state index in [0.29, 0.717) is 35.1 Å². The lowest BCUT2D eigenvalue weighted by molar-refractivity contribution is 0.0985. The van der Waals surface area contributed by atoms with Crippen LogP contribution in [0.15, 0.2) is 47.4 Å². The third-order valence-electron chi connectivity index (χ3n) is 5.46. The number of anilines is 1. The van der Waals surface area contributed by atoms with Crippen molar-refractivity contribution in [1.82, 2.24) is 4.31 Å². The van der Waals surface area contributed by atoms with Crippen molar-refractivity contribution in [3.63, 3.8) is 0 Å². The lowest BCUT2D eigenvalue weighted by Crippen LogP contribution is -2.37. The first-order valence-electron chi connectivity index (χ1n) is 9.67. The first-order chi connectivity index (χ1) is 13.5. The van der Waals surface area contributed by atoms with Gasteiger partial charge in [0.15, 0.2) is 0 Å². The molecule has 2 aliphatic rings. The van der Waals surface area contributed by atoms with Crippen LogP contribution in [0.25, 0.3) is 0 Å². The average molecular weight is 419 g/mol. The van der Waals surface area contributed by atoms with Crippen LogP contribution >= 0.6 is 11.6 Å². The highest BCUT2D eigenvalue weighted by Crippen LogP contribution is 2.32. The number of carbonyl (C=O) groups is 1. The van der Waals surface area contributed by atoms with Crippen LogP contribution < -0.4 is 4.90 Å². The van der Waals surface area contributed by atoms with E-state index in [4.69, 9.17) is 11.6 Å². The number of aryl methyl sites for hydroxylation is 1. The number of nitrogens with zero attached hydrogens (tertiary/aromatic N) is 2. The van der Waals surface area contributed by atoms with Crippen LogP contribution in [0.3, 0.4) is 0 Å². The summed E-state index contributed by atoms with van der Waals surface area (Å²) in [5.41, 5.74) is 2.28. The Morgan fingerprint density at radius 1 is 0.893 bits per heavy atom. The second-order valence-electron chi connectivity index (χ2n) is 7.32. The Morgan fingerprint density at radius 3 is 2.32 bits per heavy atom. The number of benzene rings is 2. The van der Waals surface area contributed by atoms with E-state index in [1.54, 1.807) is 51.7 Å². The lowest BCUT2D eigenvalue weighted by Gasteiger charge is -2.31. The minimum absolute atomic E-state index is 0.0933. The molecule has 2 aromatic rings. The Morgan fingerprint density at radius 2 is 1.61 bits per heavy atom. The van der Waals surface area contributed by atoms with Crippen LogP contribution in [0, 0.1) is 0 Å². The van der Waals surface area contributed by atoms with E-state index in [1.165, 1.54) is 0 Å². The molecule has 5 nitrogen and oxygen atoms in total. The van der Waals surface area contributed by atoms with Gasteiger partial charge >= 0.3 is 0 Å². The van der Waals surface area contributed by atoms with Crippen LogP contribution in [-0.2, 0) is 16.4 Å². The number of fused-ring (bicyclic) bond motifs is 1. The van der Waals surface area contributed by atoms with Crippen molar-refractivity contribution in [2.24, 2.45) is 0 Å². The van der Waals surface area contributed by atoms with E-state index < -0.39 is 10.0 Å². The SMILES string of the molecule is O=C(c1ccc(Cl)cc1)N1CCCc2cc(S(=O)(=O)N3CCCCC3)ccc21. The zero-order chi connectivity index (χ0) is 19.7. The molecule has 0 spiro atoms. The molecule has 0 saturated carbocycles. The van der Waals surface area contributed by atoms with Crippen molar-refractivity contribution in [3.8, 4) is 0 Å². The average Bonchev–Trinajstić information content (AvgIpc) is 2.73. The number of sulfonamides is 1. The number of amides is 1. The maximum atomic E-state index is 13.0. The molecule has 148 valence electrons. The highest BCUT2D eigenvalue weighted by Gasteiger charge is 2.29. The molecule has 0 N–H and O–H groups in total. The van der Waals surface area contributed by atoms with Crippen LogP contribution in [-0.4, -0.2) is 38.3 Å². The van der Waals surface area contributed by atoms with Crippen LogP contribution in [0.4, 0.5) is 5.69 Å². The molecule has 0 aliphatic carbocycles. The Kier molecular flexibility index (Phi) is 5.45. The summed E-state index contributed by atoms with van der Waals surface area (Å²) in [6, 6.07) is 12.0. The van der Waals surface area contributed by atoms with Gasteiger partial charge in [0.2, 0.25) is 10.0 Å². The van der Waals surface area contributed by atoms with Gasteiger partial charge in [-0.2, -0.15) is 4.31 Å². The second kappa shape index (κ2) is 7.85. The molecule has 0 bridgehead atoms. The van der Waals surface area contributed by atoms with E-state index in [1.807, 2.05) is 0 Å². The van der Waals surface area contributed by atoms with Gasteiger partial charge in [0.1, 0.15) is 0 Å². The fourth-order valence-corrected chi connectivity index (χ4v) is 5.64. The van der Waals surface area contributed by atoms with Crippen LogP contribution in [0.2, 0.25) is 5.02 Å². The van der Waals surface area contributed by atoms with E-state index in [-0.39, 0.29) is 5.91 Å². The standard InChI is InChI=1S/C21H23ClN2O3S/c22-18-8-6-16(7-9-18)21(25)24-14-4-5-17-15-19(10-11-20(17)24)28(26,27)23-12-2-1-3-13-23/h6-11,15H,1-5,12-14H2. The maximum absolute atomic E-state index is 13.0. The molecule has 0 aromatic heterocycles. The topological polar surface area (TPSA) is 57.7 Å². The highest BCUT2D eigenvalue weighted by molar-refractivity contribution is 7.89. The molecular weight excluding hydrogens is 396 g/mol. The summed E-state index contributed by atoms with van der Waals surface area (Å²) in [5.74, 6) is -0.0933. The first-order valence-corrected chi connectivity index (χ1v) is 11.5. The number of hydrogen-bond acceptors (Lipinski definition) is 3. The Hall–Kier alpha value is -1.89. The van der Waals surface area contributed by atoms with E-state index >= 15 is 0 Å². The third-order valence-corrected chi connectivity index (χ3v) is 7.61. The Bertz CT molecular complexity index is 983. The van der Waals surface area contributed by atoms with Gasteiger partial charge in [-0.15, -0.1) is 0 Å². The quantitative estimate of drug-likeness (QED) is 0.753. The number of halogens is 1. The van der Waals surface area contributed by atoms with Crippen LogP contribution in [0.1, 0.15) is 41.6 Å². The third kappa shape index (κ3) is 3.69. The number of hydrogen-bond donors (Lipinski definition) is 0. The molecule has 0 atom stereocenters. The van der Waals surface area contributed by atoms with Gasteiger partial charge in [0.05, 0.1) is 4.90 Å². The van der Waals surface area contributed by atoms with Gasteiger partial charge in [-0.1, -0.05) is 18.0 Å². The van der Waals surface area contributed by atoms with E-state index in [0.717, 1.165) is 43.4 Å². The summed E-state index contributed by atoms with van der Waals surface area (Å²) in [6.45, 7) is 1.79. The molecule has 1 fully saturated rings. The minimum atomic E-state index is -3.47. The van der Waals surface area contributed by atoms with Crippen molar-refractivity contribution in [2.75, 3.05) is 24.5 Å². The summed E-state index contributed by atoms with van der Waals surface area (Å²) in [5, 5.41) is 0.586. The molecule has 1 saturated heterocycles. The lowest BCUT2D eigenvalue weighted by atomic mass is 10.0. The first kappa shape index (κ1) is 19.4. The molecule has 28 heavy (non-hydrogen) atoms.